The van der Waals surface area contributed by atoms with Gasteiger partial charge in [-0.05, 0) is 28.1 Å². The first-order valence-corrected chi connectivity index (χ1v) is 16.9. The number of aromatic nitrogens is 4. The number of fused-ring (bicyclic) bond motifs is 1. The number of nitrogens with one attached hydrogen (secondary N) is 3. The van der Waals surface area contributed by atoms with Crippen LogP contribution in [0.3, 0.4) is 0 Å². The van der Waals surface area contributed by atoms with Crippen LogP contribution in [0.5, 0.6) is 0 Å². The molecule has 4 heterocycles. The molecular weight excluding hydrogens is 655 g/mol. The number of hydrogen-bond acceptors (Lipinski definition) is 13. The minimum absolute atomic E-state index is 0.00532. The number of anilines is 1. The summed E-state index contributed by atoms with van der Waals surface area (Å²) in [5.74, 6) is -2.49. The van der Waals surface area contributed by atoms with Gasteiger partial charge in [0.15, 0.2) is 0 Å². The fraction of sp³-hybridized carbons (Fsp3) is 0.391. The van der Waals surface area contributed by atoms with Crippen molar-refractivity contribution in [1.82, 2.24) is 50.5 Å². The van der Waals surface area contributed by atoms with Crippen molar-refractivity contribution >= 4 is 69.1 Å². The minimum atomic E-state index is -3.80. The molecule has 2 unspecified atom stereocenters. The first kappa shape index (κ1) is 32.0. The molecule has 6 N–H and O–H groups in total. The van der Waals surface area contributed by atoms with Crippen LogP contribution in [0.1, 0.15) is 18.0 Å². The molecule has 6 amide bonds. The monoisotopic (exact) mass is 681 g/mol. The van der Waals surface area contributed by atoms with E-state index >= 15 is 0 Å². The van der Waals surface area contributed by atoms with E-state index in [-0.39, 0.29) is 48.0 Å². The van der Waals surface area contributed by atoms with Gasteiger partial charge in [-0.25, -0.2) is 37.4 Å². The summed E-state index contributed by atoms with van der Waals surface area (Å²) in [4.78, 5) is 68.6. The van der Waals surface area contributed by atoms with E-state index in [0.29, 0.717) is 10.8 Å². The van der Waals surface area contributed by atoms with Crippen molar-refractivity contribution < 1.29 is 37.5 Å². The molecule has 240 valence electrons. The molecule has 2 fully saturated rings. The molecular formula is C23H27N11O8S3. The standard InChI is InChI=1S/C23H27N11O8S3/c1-31-22(27-28-29-31)43-10-13-17(20(37)38)34-14(35)9-15(34)44-19(13)26-18(36)16(11-3-5-12(24)6-4-11)25-21(39)32-7-8-33(23(32)40)30-45(2,41)42/h3-6,15-16,19,30H,7-10,24H2,1-2H3,(H,25,39)(H,26,36)(H,37,38)/t15-,16?,19?/m0/s1. The van der Waals surface area contributed by atoms with Crippen molar-refractivity contribution in [3.05, 3.63) is 41.1 Å². The molecule has 1 aromatic heterocycles. The molecule has 3 aliphatic rings. The molecule has 0 spiro atoms. The second kappa shape index (κ2) is 12.5. The van der Waals surface area contributed by atoms with Crippen LogP contribution in [0, 0.1) is 0 Å². The summed E-state index contributed by atoms with van der Waals surface area (Å²) in [6.07, 6.45) is 0.919. The number of hydrogen-bond donors (Lipinski definition) is 5. The average molecular weight is 682 g/mol. The molecule has 22 heteroatoms. The normalized spacial score (nSPS) is 20.5. The number of hydrazine groups is 1. The topological polar surface area (TPSA) is 255 Å². The van der Waals surface area contributed by atoms with Crippen molar-refractivity contribution in [1.29, 1.82) is 0 Å². The number of aliphatic carboxylic acids is 1. The molecule has 5 rings (SSSR count). The van der Waals surface area contributed by atoms with E-state index in [0.717, 1.165) is 39.7 Å². The van der Waals surface area contributed by atoms with Gasteiger partial charge >= 0.3 is 18.0 Å². The number of urea groups is 2. The van der Waals surface area contributed by atoms with Crippen LogP contribution in [0.2, 0.25) is 0 Å². The molecule has 0 bridgehead atoms. The van der Waals surface area contributed by atoms with Crippen LogP contribution in [-0.4, -0.2) is 114 Å². The van der Waals surface area contributed by atoms with Gasteiger partial charge in [0.25, 0.3) is 0 Å². The molecule has 0 aliphatic carbocycles. The predicted octanol–water partition coefficient (Wildman–Crippen LogP) is -1.38. The van der Waals surface area contributed by atoms with E-state index in [1.165, 1.54) is 33.8 Å². The molecule has 3 aliphatic heterocycles. The molecule has 1 aromatic carbocycles. The van der Waals surface area contributed by atoms with Gasteiger partial charge in [-0.1, -0.05) is 23.9 Å². The van der Waals surface area contributed by atoms with Gasteiger partial charge in [0.05, 0.1) is 31.1 Å². The van der Waals surface area contributed by atoms with E-state index in [9.17, 15) is 37.5 Å². The van der Waals surface area contributed by atoms with Crippen LogP contribution in [0.25, 0.3) is 0 Å². The predicted molar refractivity (Wildman–Crippen MR) is 158 cm³/mol. The van der Waals surface area contributed by atoms with Gasteiger partial charge < -0.3 is 21.5 Å². The number of aryl methyl sites for hydroxylation is 1. The van der Waals surface area contributed by atoms with Crippen molar-refractivity contribution in [2.24, 2.45) is 7.05 Å². The fourth-order valence-corrected chi connectivity index (χ4v) is 7.71. The minimum Gasteiger partial charge on any atom is -0.477 e. The highest BCUT2D eigenvalue weighted by molar-refractivity contribution is 8.01. The Kier molecular flexibility index (Phi) is 8.91. The molecule has 0 saturated carbocycles. The third kappa shape index (κ3) is 6.82. The second-order valence-corrected chi connectivity index (χ2v) is 14.0. The summed E-state index contributed by atoms with van der Waals surface area (Å²) >= 11 is 2.26. The number of benzene rings is 1. The summed E-state index contributed by atoms with van der Waals surface area (Å²) < 4.78 is 24.6. The number of carbonyl (C=O) groups is 5. The lowest BCUT2D eigenvalue weighted by Crippen LogP contribution is -2.58. The maximum atomic E-state index is 13.9. The molecule has 19 nitrogen and oxygen atoms in total. The van der Waals surface area contributed by atoms with Crippen LogP contribution in [-0.2, 0) is 31.5 Å². The summed E-state index contributed by atoms with van der Waals surface area (Å²) in [7, 11) is -2.20. The largest absolute Gasteiger partial charge is 0.477 e. The zero-order valence-electron chi connectivity index (χ0n) is 23.6. The Morgan fingerprint density at radius 3 is 2.51 bits per heavy atom. The Balaban J connectivity index is 1.41. The Hall–Kier alpha value is -4.41. The van der Waals surface area contributed by atoms with Gasteiger partial charge in [0.1, 0.15) is 17.1 Å². The number of nitrogens with zero attached hydrogens (tertiary/aromatic N) is 7. The van der Waals surface area contributed by atoms with Crippen LogP contribution < -0.4 is 21.2 Å². The third-order valence-electron chi connectivity index (χ3n) is 6.80. The zero-order valence-corrected chi connectivity index (χ0v) is 26.1. The highest BCUT2D eigenvalue weighted by Gasteiger charge is 2.49. The Bertz CT molecular complexity index is 1700. The number of rotatable bonds is 10. The lowest BCUT2D eigenvalue weighted by Gasteiger charge is -2.46. The molecule has 0 radical (unpaired) electrons. The number of carboxylic acid groups (broad SMARTS) is 1. The van der Waals surface area contributed by atoms with E-state index < -0.39 is 50.8 Å². The number of tetrazole rings is 1. The smallest absolute Gasteiger partial charge is 0.352 e. The quantitative estimate of drug-likeness (QED) is 0.110. The molecule has 45 heavy (non-hydrogen) atoms. The molecule has 2 saturated heterocycles. The number of β-lactam (4-membered cyclic amide) rings is 1. The number of nitrogens with two attached hydrogens (primary N) is 1. The number of thioether (sulfide) groups is 2. The number of nitrogen functional groups attached to an aromatic ring is 1. The number of imide groups is 1. The Morgan fingerprint density at radius 1 is 1.20 bits per heavy atom. The van der Waals surface area contributed by atoms with E-state index in [1.807, 2.05) is 4.83 Å². The van der Waals surface area contributed by atoms with Crippen LogP contribution >= 0.6 is 23.5 Å². The van der Waals surface area contributed by atoms with Gasteiger partial charge in [-0.15, -0.1) is 21.7 Å². The average Bonchev–Trinajstić information content (AvgIpc) is 3.54. The highest BCUT2D eigenvalue weighted by atomic mass is 32.2. The molecule has 3 atom stereocenters. The van der Waals surface area contributed by atoms with Crippen molar-refractivity contribution in [3.63, 3.8) is 0 Å². The molecule has 2 aromatic rings. The second-order valence-electron chi connectivity index (χ2n) is 10.00. The van der Waals surface area contributed by atoms with E-state index in [1.54, 1.807) is 7.05 Å². The Morgan fingerprint density at radius 2 is 1.91 bits per heavy atom. The number of sulfonamides is 1. The highest BCUT2D eigenvalue weighted by Crippen LogP contribution is 2.44. The van der Waals surface area contributed by atoms with Crippen molar-refractivity contribution in [2.45, 2.75) is 28.4 Å². The van der Waals surface area contributed by atoms with E-state index in [4.69, 9.17) is 5.73 Å². The first-order chi connectivity index (χ1) is 21.2. The Labute approximate surface area is 263 Å². The fourth-order valence-electron chi connectivity index (χ4n) is 4.69. The van der Waals surface area contributed by atoms with Crippen molar-refractivity contribution in [3.8, 4) is 0 Å². The van der Waals surface area contributed by atoms with Gasteiger partial charge in [0, 0.05) is 24.1 Å². The van der Waals surface area contributed by atoms with Crippen LogP contribution in [0.15, 0.2) is 40.7 Å². The van der Waals surface area contributed by atoms with Crippen molar-refractivity contribution in [2.75, 3.05) is 30.8 Å². The van der Waals surface area contributed by atoms with Gasteiger partial charge in [-0.2, -0.15) is 0 Å². The lowest BCUT2D eigenvalue weighted by molar-refractivity contribution is -0.146. The van der Waals surface area contributed by atoms with Crippen LogP contribution in [0.4, 0.5) is 15.3 Å². The zero-order chi connectivity index (χ0) is 32.6. The SMILES string of the molecule is Cn1nnnc1SCC1=C(C(=O)O)N2C(=O)C[C@@H]2SC1NC(=O)C(NC(=O)N1CCN(NS(C)(=O)=O)C1=O)c1ccc(N)cc1. The maximum absolute atomic E-state index is 13.9. The first-order valence-electron chi connectivity index (χ1n) is 13.0. The summed E-state index contributed by atoms with van der Waals surface area (Å²) in [5.41, 5.74) is 6.42. The van der Waals surface area contributed by atoms with Gasteiger partial charge in [0.2, 0.25) is 27.0 Å². The van der Waals surface area contributed by atoms with E-state index in [2.05, 4.69) is 26.2 Å². The number of amides is 6. The number of carbonyl (C=O) groups excluding carboxylic acids is 4. The lowest BCUT2D eigenvalue weighted by atomic mass is 10.0. The summed E-state index contributed by atoms with van der Waals surface area (Å²) in [5, 5.41) is 26.3. The summed E-state index contributed by atoms with van der Waals surface area (Å²) in [6, 6.07) is 2.70. The third-order valence-corrected chi connectivity index (χ3v) is 9.78. The number of carboxylic acids is 1. The maximum Gasteiger partial charge on any atom is 0.352 e. The summed E-state index contributed by atoms with van der Waals surface area (Å²) in [6.45, 7) is -0.297. The van der Waals surface area contributed by atoms with Gasteiger partial charge in [-0.3, -0.25) is 14.5 Å².